The van der Waals surface area contributed by atoms with Gasteiger partial charge in [-0.05, 0) is 24.3 Å². The lowest BCUT2D eigenvalue weighted by molar-refractivity contribution is 0.0240. The Morgan fingerprint density at radius 2 is 2.00 bits per heavy atom. The maximum atomic E-state index is 5.95. The number of hydrogen-bond acceptors (Lipinski definition) is 3. The summed E-state index contributed by atoms with van der Waals surface area (Å²) in [6.45, 7) is 13.8. The first-order valence-electron chi connectivity index (χ1n) is 10.1. The zero-order valence-corrected chi connectivity index (χ0v) is 20.4. The molecule has 1 aromatic carbocycles. The van der Waals surface area contributed by atoms with E-state index in [-0.39, 0.29) is 35.5 Å². The number of likely N-dealkylation sites (tertiary alicyclic amines) is 1. The molecular formula is C22H38IN3O2. The molecule has 1 aliphatic heterocycles. The Kier molecular flexibility index (Phi) is 11.4. The number of guanidine groups is 1. The molecule has 0 saturated carbocycles. The van der Waals surface area contributed by atoms with Crippen LogP contribution < -0.4 is 5.32 Å². The van der Waals surface area contributed by atoms with E-state index in [9.17, 15) is 0 Å². The second-order valence-electron chi connectivity index (χ2n) is 8.39. The maximum absolute atomic E-state index is 5.95. The number of nitrogens with one attached hydrogen (secondary N) is 1. The van der Waals surface area contributed by atoms with Gasteiger partial charge in [-0.25, -0.2) is 0 Å². The first-order valence-corrected chi connectivity index (χ1v) is 10.1. The molecule has 1 heterocycles. The molecule has 0 bridgehead atoms. The van der Waals surface area contributed by atoms with Gasteiger partial charge in [-0.15, -0.1) is 24.0 Å². The molecule has 0 radical (unpaired) electrons. The third-order valence-corrected chi connectivity index (χ3v) is 5.04. The van der Waals surface area contributed by atoms with Crippen LogP contribution in [-0.4, -0.2) is 56.9 Å². The van der Waals surface area contributed by atoms with Crippen molar-refractivity contribution in [1.82, 2.24) is 10.2 Å². The Morgan fingerprint density at radius 1 is 1.29 bits per heavy atom. The number of halogens is 1. The highest BCUT2D eigenvalue weighted by atomic mass is 127. The first kappa shape index (κ1) is 25.2. The molecular weight excluding hydrogens is 465 g/mol. The van der Waals surface area contributed by atoms with Crippen LogP contribution in [0.1, 0.15) is 39.7 Å². The van der Waals surface area contributed by atoms with Crippen LogP contribution in [0.15, 0.2) is 35.3 Å². The quantitative estimate of drug-likeness (QED) is 0.329. The van der Waals surface area contributed by atoms with Crippen LogP contribution in [0.2, 0.25) is 0 Å². The minimum Gasteiger partial charge on any atom is -0.379 e. The fourth-order valence-corrected chi connectivity index (χ4v) is 3.38. The minimum absolute atomic E-state index is 0. The lowest BCUT2D eigenvalue weighted by Gasteiger charge is -2.29. The van der Waals surface area contributed by atoms with E-state index in [0.29, 0.717) is 19.1 Å². The highest BCUT2D eigenvalue weighted by molar-refractivity contribution is 14.0. The van der Waals surface area contributed by atoms with Crippen molar-refractivity contribution in [2.75, 3.05) is 39.9 Å². The van der Waals surface area contributed by atoms with Gasteiger partial charge in [-0.3, -0.25) is 4.99 Å². The topological polar surface area (TPSA) is 46.1 Å². The second kappa shape index (κ2) is 12.6. The number of nitrogens with zero attached hydrogens (tertiary/aromatic N) is 2. The molecule has 2 atom stereocenters. The summed E-state index contributed by atoms with van der Waals surface area (Å²) in [5.74, 6) is 1.55. The summed E-state index contributed by atoms with van der Waals surface area (Å²) < 4.78 is 11.6. The largest absolute Gasteiger partial charge is 0.379 e. The van der Waals surface area contributed by atoms with Gasteiger partial charge in [0.2, 0.25) is 0 Å². The van der Waals surface area contributed by atoms with Crippen molar-refractivity contribution >= 4 is 29.9 Å². The lowest BCUT2D eigenvalue weighted by atomic mass is 9.89. The van der Waals surface area contributed by atoms with Gasteiger partial charge < -0.3 is 19.7 Å². The highest BCUT2D eigenvalue weighted by Gasteiger charge is 2.27. The molecule has 1 N–H and O–H groups in total. The molecule has 1 fully saturated rings. The zero-order valence-electron chi connectivity index (χ0n) is 18.1. The minimum atomic E-state index is 0. The molecule has 2 rings (SSSR count). The maximum Gasteiger partial charge on any atom is 0.194 e. The molecule has 1 aromatic rings. The third-order valence-electron chi connectivity index (χ3n) is 5.04. The summed E-state index contributed by atoms with van der Waals surface area (Å²) in [7, 11) is 1.77. The fourth-order valence-electron chi connectivity index (χ4n) is 3.38. The zero-order chi connectivity index (χ0) is 19.7. The van der Waals surface area contributed by atoms with E-state index in [1.54, 1.807) is 7.11 Å². The van der Waals surface area contributed by atoms with Gasteiger partial charge in [-0.1, -0.05) is 51.1 Å². The van der Waals surface area contributed by atoms with Crippen molar-refractivity contribution in [2.24, 2.45) is 16.3 Å². The Labute approximate surface area is 188 Å². The van der Waals surface area contributed by atoms with Crippen LogP contribution in [0.25, 0.3) is 0 Å². The lowest BCUT2D eigenvalue weighted by Crippen LogP contribution is -2.41. The van der Waals surface area contributed by atoms with Crippen LogP contribution in [0.3, 0.4) is 0 Å². The van der Waals surface area contributed by atoms with E-state index in [4.69, 9.17) is 14.5 Å². The van der Waals surface area contributed by atoms with Gasteiger partial charge in [0.15, 0.2) is 5.96 Å². The number of benzene rings is 1. The summed E-state index contributed by atoms with van der Waals surface area (Å²) in [4.78, 5) is 7.22. The van der Waals surface area contributed by atoms with Crippen LogP contribution in [0.4, 0.5) is 0 Å². The molecule has 1 saturated heterocycles. The van der Waals surface area contributed by atoms with Gasteiger partial charge in [-0.2, -0.15) is 0 Å². The summed E-state index contributed by atoms with van der Waals surface area (Å²) in [5.41, 5.74) is 1.31. The van der Waals surface area contributed by atoms with E-state index < -0.39 is 0 Å². The van der Waals surface area contributed by atoms with E-state index in [1.165, 1.54) is 5.56 Å². The molecule has 1 aliphatic rings. The van der Waals surface area contributed by atoms with E-state index in [1.807, 2.05) is 6.07 Å². The molecule has 28 heavy (non-hydrogen) atoms. The van der Waals surface area contributed by atoms with Gasteiger partial charge in [0.25, 0.3) is 0 Å². The number of aliphatic imine (C=N–C) groups is 1. The molecule has 160 valence electrons. The average Bonchev–Trinajstić information content (AvgIpc) is 3.10. The molecule has 6 heteroatoms. The van der Waals surface area contributed by atoms with Gasteiger partial charge in [0.05, 0.1) is 25.9 Å². The van der Waals surface area contributed by atoms with Gasteiger partial charge >= 0.3 is 0 Å². The molecule has 5 nitrogen and oxygen atoms in total. The van der Waals surface area contributed by atoms with Crippen molar-refractivity contribution in [3.63, 3.8) is 0 Å². The highest BCUT2D eigenvalue weighted by Crippen LogP contribution is 2.22. The van der Waals surface area contributed by atoms with Gasteiger partial charge in [0.1, 0.15) is 0 Å². The smallest absolute Gasteiger partial charge is 0.194 e. The molecule has 0 spiro atoms. The van der Waals surface area contributed by atoms with Crippen molar-refractivity contribution in [3.8, 4) is 0 Å². The normalized spacial score (nSPS) is 18.7. The van der Waals surface area contributed by atoms with Crippen LogP contribution in [0, 0.1) is 11.3 Å². The fraction of sp³-hybridized carbons (Fsp3) is 0.682. The Bertz CT molecular complexity index is 575. The average molecular weight is 503 g/mol. The van der Waals surface area contributed by atoms with Crippen molar-refractivity contribution in [2.45, 2.75) is 46.8 Å². The van der Waals surface area contributed by atoms with Crippen molar-refractivity contribution in [3.05, 3.63) is 35.9 Å². The summed E-state index contributed by atoms with van der Waals surface area (Å²) >= 11 is 0. The Morgan fingerprint density at radius 3 is 2.61 bits per heavy atom. The summed E-state index contributed by atoms with van der Waals surface area (Å²) in [5, 5.41) is 3.44. The second-order valence-corrected chi connectivity index (χ2v) is 8.39. The van der Waals surface area contributed by atoms with E-state index in [2.05, 4.69) is 62.2 Å². The van der Waals surface area contributed by atoms with Crippen LogP contribution >= 0.6 is 24.0 Å². The Balaban J connectivity index is 0.00000392. The summed E-state index contributed by atoms with van der Waals surface area (Å²) in [6, 6.07) is 10.4. The summed E-state index contributed by atoms with van der Waals surface area (Å²) in [6.07, 6.45) is 1.25. The SMILES string of the molecule is CCNC(=NCC(OC)C(C)(C)C)N1CCC(COCc2ccccc2)C1.I. The van der Waals surface area contributed by atoms with Crippen molar-refractivity contribution in [1.29, 1.82) is 0 Å². The van der Waals surface area contributed by atoms with E-state index in [0.717, 1.165) is 38.6 Å². The molecule has 0 aliphatic carbocycles. The Hall–Kier alpha value is -0.860. The standard InChI is InChI=1S/C22H37N3O2.HI/c1-6-23-21(24-14-20(26-5)22(2,3)4)25-13-12-19(15-25)17-27-16-18-10-8-7-9-11-18;/h7-11,19-20H,6,12-17H2,1-5H3,(H,23,24);1H. The molecule has 2 unspecified atom stereocenters. The van der Waals surface area contributed by atoms with E-state index >= 15 is 0 Å². The number of rotatable bonds is 8. The van der Waals surface area contributed by atoms with Crippen LogP contribution in [-0.2, 0) is 16.1 Å². The predicted octanol–water partition coefficient (Wildman–Crippen LogP) is 4.17. The monoisotopic (exact) mass is 503 g/mol. The third kappa shape index (κ3) is 8.25. The number of methoxy groups -OCH3 is 1. The van der Waals surface area contributed by atoms with Crippen LogP contribution in [0.5, 0.6) is 0 Å². The number of hydrogen-bond donors (Lipinski definition) is 1. The molecule has 0 aromatic heterocycles. The first-order chi connectivity index (χ1) is 12.9. The number of ether oxygens (including phenoxy) is 2. The predicted molar refractivity (Wildman–Crippen MR) is 127 cm³/mol. The van der Waals surface area contributed by atoms with Crippen molar-refractivity contribution < 1.29 is 9.47 Å². The van der Waals surface area contributed by atoms with Gasteiger partial charge in [0, 0.05) is 32.7 Å². The molecule has 0 amide bonds.